The van der Waals surface area contributed by atoms with Crippen molar-refractivity contribution in [2.24, 2.45) is 0 Å². The Morgan fingerprint density at radius 1 is 1.14 bits per heavy atom. The molecule has 0 spiro atoms. The summed E-state index contributed by atoms with van der Waals surface area (Å²) in [7, 11) is 0. The van der Waals surface area contributed by atoms with Crippen LogP contribution in [0.1, 0.15) is 17.3 Å². The second-order valence-corrected chi connectivity index (χ2v) is 7.80. The minimum atomic E-state index is -0.497. The zero-order chi connectivity index (χ0) is 20.6. The molecule has 150 valence electrons. The van der Waals surface area contributed by atoms with E-state index in [0.29, 0.717) is 22.4 Å². The van der Waals surface area contributed by atoms with E-state index in [9.17, 15) is 14.0 Å². The molecule has 1 heterocycles. The molecule has 7 nitrogen and oxygen atoms in total. The fraction of sp³-hybridized carbons (Fsp3) is 0.158. The lowest BCUT2D eigenvalue weighted by Gasteiger charge is -2.10. The topological polar surface area (TPSA) is 93.2 Å². The Kier molecular flexibility index (Phi) is 7.14. The summed E-state index contributed by atoms with van der Waals surface area (Å²) in [6.07, 6.45) is 0. The van der Waals surface area contributed by atoms with Gasteiger partial charge in [0, 0.05) is 5.56 Å². The third kappa shape index (κ3) is 6.00. The predicted molar refractivity (Wildman–Crippen MR) is 111 cm³/mol. The molecule has 0 aliphatic heterocycles. The van der Waals surface area contributed by atoms with Gasteiger partial charge in [-0.15, -0.1) is 10.2 Å². The number of carbonyl (C=O) groups excluding carboxylic acids is 2. The number of halogens is 1. The number of rotatable bonds is 8. The number of benzene rings is 2. The number of carbonyl (C=O) groups is 2. The van der Waals surface area contributed by atoms with E-state index in [0.717, 1.165) is 17.4 Å². The molecule has 3 aromatic rings. The third-order valence-corrected chi connectivity index (χ3v) is 5.47. The van der Waals surface area contributed by atoms with Crippen LogP contribution >= 0.6 is 23.1 Å². The Hall–Kier alpha value is -2.98. The summed E-state index contributed by atoms with van der Waals surface area (Å²) in [5, 5.41) is 13.4. The highest BCUT2D eigenvalue weighted by atomic mass is 32.2. The molecule has 29 heavy (non-hydrogen) atoms. The molecule has 0 saturated carbocycles. The quantitative estimate of drug-likeness (QED) is 0.412. The average molecular weight is 433 g/mol. The Labute approximate surface area is 174 Å². The van der Waals surface area contributed by atoms with Gasteiger partial charge in [-0.1, -0.05) is 41.3 Å². The molecule has 2 aromatic carbocycles. The molecule has 0 saturated heterocycles. The van der Waals surface area contributed by atoms with Crippen LogP contribution in [-0.4, -0.2) is 34.4 Å². The molecule has 1 aromatic heterocycles. The number of hydrogen-bond acceptors (Lipinski definition) is 7. The van der Waals surface area contributed by atoms with Crippen LogP contribution in [0.4, 0.5) is 15.2 Å². The molecule has 0 bridgehead atoms. The van der Waals surface area contributed by atoms with Gasteiger partial charge in [0.2, 0.25) is 11.0 Å². The van der Waals surface area contributed by atoms with Gasteiger partial charge in [0.05, 0.1) is 18.0 Å². The molecular formula is C19H17FN4O3S2. The minimum Gasteiger partial charge on any atom is -0.492 e. The van der Waals surface area contributed by atoms with Gasteiger partial charge >= 0.3 is 0 Å². The minimum absolute atomic E-state index is 0.118. The van der Waals surface area contributed by atoms with E-state index in [1.165, 1.54) is 30.0 Å². The largest absolute Gasteiger partial charge is 0.492 e. The lowest BCUT2D eigenvalue weighted by Crippen LogP contribution is -2.14. The van der Waals surface area contributed by atoms with Crippen LogP contribution in [-0.2, 0) is 4.79 Å². The first-order chi connectivity index (χ1) is 14.0. The molecular weight excluding hydrogens is 415 g/mol. The highest BCUT2D eigenvalue weighted by molar-refractivity contribution is 8.01. The van der Waals surface area contributed by atoms with Gasteiger partial charge in [-0.05, 0) is 37.3 Å². The van der Waals surface area contributed by atoms with Crippen molar-refractivity contribution in [2.75, 3.05) is 23.0 Å². The van der Waals surface area contributed by atoms with E-state index in [2.05, 4.69) is 20.8 Å². The van der Waals surface area contributed by atoms with E-state index in [-0.39, 0.29) is 22.4 Å². The number of para-hydroxylation sites is 2. The number of anilines is 2. The summed E-state index contributed by atoms with van der Waals surface area (Å²) in [6, 6.07) is 12.5. The van der Waals surface area contributed by atoms with Crippen LogP contribution in [0.25, 0.3) is 0 Å². The van der Waals surface area contributed by atoms with E-state index in [4.69, 9.17) is 4.74 Å². The van der Waals surface area contributed by atoms with Crippen molar-refractivity contribution in [3.8, 4) is 5.75 Å². The molecule has 3 rings (SSSR count). The van der Waals surface area contributed by atoms with Crippen LogP contribution in [0.15, 0.2) is 52.9 Å². The standard InChI is InChI=1S/C19H17FN4O3S2/c1-2-27-15-9-4-3-8-14(15)21-16(25)11-28-19-24-23-18(29-19)22-17(26)12-6-5-7-13(20)10-12/h3-10H,2,11H2,1H3,(H,21,25)(H,22,23,26). The fourth-order valence-electron chi connectivity index (χ4n) is 2.28. The fourth-order valence-corrected chi connectivity index (χ4v) is 3.83. The Balaban J connectivity index is 1.53. The van der Waals surface area contributed by atoms with E-state index < -0.39 is 11.7 Å². The van der Waals surface area contributed by atoms with Crippen molar-refractivity contribution in [3.05, 3.63) is 59.9 Å². The van der Waals surface area contributed by atoms with E-state index in [1.54, 1.807) is 12.1 Å². The second-order valence-electron chi connectivity index (χ2n) is 5.60. The molecule has 0 aliphatic rings. The molecule has 0 unspecified atom stereocenters. The van der Waals surface area contributed by atoms with Gasteiger partial charge in [-0.25, -0.2) is 4.39 Å². The van der Waals surface area contributed by atoms with Crippen molar-refractivity contribution in [3.63, 3.8) is 0 Å². The number of ether oxygens (including phenoxy) is 1. The van der Waals surface area contributed by atoms with Gasteiger partial charge < -0.3 is 10.1 Å². The highest BCUT2D eigenvalue weighted by Crippen LogP contribution is 2.27. The molecule has 0 atom stereocenters. The predicted octanol–water partition coefficient (Wildman–Crippen LogP) is 4.06. The zero-order valence-electron chi connectivity index (χ0n) is 15.3. The van der Waals surface area contributed by atoms with Gasteiger partial charge in [0.1, 0.15) is 11.6 Å². The maximum atomic E-state index is 13.2. The SMILES string of the molecule is CCOc1ccccc1NC(=O)CSc1nnc(NC(=O)c2cccc(F)c2)s1. The lowest BCUT2D eigenvalue weighted by atomic mass is 10.2. The van der Waals surface area contributed by atoms with Crippen molar-refractivity contribution in [1.29, 1.82) is 0 Å². The van der Waals surface area contributed by atoms with Gasteiger partial charge in [0.15, 0.2) is 4.34 Å². The first kappa shape index (κ1) is 20.7. The van der Waals surface area contributed by atoms with Gasteiger partial charge in [0.25, 0.3) is 5.91 Å². The Bertz CT molecular complexity index is 1010. The summed E-state index contributed by atoms with van der Waals surface area (Å²) in [5.74, 6) is -0.479. The van der Waals surface area contributed by atoms with Crippen molar-refractivity contribution >= 4 is 45.7 Å². The summed E-state index contributed by atoms with van der Waals surface area (Å²) >= 11 is 2.32. The van der Waals surface area contributed by atoms with Crippen LogP contribution < -0.4 is 15.4 Å². The van der Waals surface area contributed by atoms with Crippen molar-refractivity contribution in [1.82, 2.24) is 10.2 Å². The number of aromatic nitrogens is 2. The Morgan fingerprint density at radius 2 is 1.97 bits per heavy atom. The van der Waals surface area contributed by atoms with Crippen molar-refractivity contribution < 1.29 is 18.7 Å². The molecule has 0 fully saturated rings. The summed E-state index contributed by atoms with van der Waals surface area (Å²) in [6.45, 7) is 2.37. The first-order valence-corrected chi connectivity index (χ1v) is 10.4. The summed E-state index contributed by atoms with van der Waals surface area (Å²) in [5.41, 5.74) is 0.780. The van der Waals surface area contributed by atoms with Crippen molar-refractivity contribution in [2.45, 2.75) is 11.3 Å². The van der Waals surface area contributed by atoms with E-state index in [1.807, 2.05) is 19.1 Å². The second kappa shape index (κ2) is 9.99. The molecule has 0 radical (unpaired) electrons. The molecule has 10 heteroatoms. The maximum Gasteiger partial charge on any atom is 0.257 e. The smallest absolute Gasteiger partial charge is 0.257 e. The third-order valence-electron chi connectivity index (χ3n) is 3.50. The number of hydrogen-bond donors (Lipinski definition) is 2. The molecule has 2 N–H and O–H groups in total. The number of nitrogens with zero attached hydrogens (tertiary/aromatic N) is 2. The normalized spacial score (nSPS) is 10.4. The van der Waals surface area contributed by atoms with Crippen LogP contribution in [0.5, 0.6) is 5.75 Å². The number of thioether (sulfide) groups is 1. The summed E-state index contributed by atoms with van der Waals surface area (Å²) in [4.78, 5) is 24.3. The number of nitrogens with one attached hydrogen (secondary N) is 2. The monoisotopic (exact) mass is 432 g/mol. The lowest BCUT2D eigenvalue weighted by molar-refractivity contribution is -0.113. The van der Waals surface area contributed by atoms with Crippen LogP contribution in [0.2, 0.25) is 0 Å². The van der Waals surface area contributed by atoms with Gasteiger partial charge in [-0.2, -0.15) is 0 Å². The summed E-state index contributed by atoms with van der Waals surface area (Å²) < 4.78 is 19.2. The van der Waals surface area contributed by atoms with Gasteiger partial charge in [-0.3, -0.25) is 14.9 Å². The molecule has 2 amide bonds. The average Bonchev–Trinajstić information content (AvgIpc) is 3.15. The number of amides is 2. The Morgan fingerprint density at radius 3 is 2.76 bits per heavy atom. The maximum absolute atomic E-state index is 13.2. The first-order valence-electron chi connectivity index (χ1n) is 8.60. The highest BCUT2D eigenvalue weighted by Gasteiger charge is 2.13. The van der Waals surface area contributed by atoms with Crippen LogP contribution in [0.3, 0.4) is 0 Å². The zero-order valence-corrected chi connectivity index (χ0v) is 17.0. The van der Waals surface area contributed by atoms with E-state index >= 15 is 0 Å². The van der Waals surface area contributed by atoms with Crippen LogP contribution in [0, 0.1) is 5.82 Å². The molecule has 0 aliphatic carbocycles.